The maximum atomic E-state index is 5.45. The Morgan fingerprint density at radius 2 is 0.952 bits per heavy atom. The third-order valence-corrected chi connectivity index (χ3v) is 12.7. The van der Waals surface area contributed by atoms with Crippen molar-refractivity contribution in [2.75, 3.05) is 0 Å². The van der Waals surface area contributed by atoms with Gasteiger partial charge in [-0.2, -0.15) is 0 Å². The highest BCUT2D eigenvalue weighted by atomic mass is 15.1. The summed E-state index contributed by atoms with van der Waals surface area (Å²) in [5.74, 6) is 0. The summed E-state index contributed by atoms with van der Waals surface area (Å²) >= 11 is 0. The molecule has 0 saturated heterocycles. The van der Waals surface area contributed by atoms with E-state index in [0.717, 1.165) is 33.8 Å². The molecular weight excluding hydrogens is 763 g/mol. The Hall–Kier alpha value is -8.27. The van der Waals surface area contributed by atoms with Crippen molar-refractivity contribution < 1.29 is 0 Å². The average Bonchev–Trinajstić information content (AvgIpc) is 3.70. The van der Waals surface area contributed by atoms with Crippen molar-refractivity contribution in [1.29, 1.82) is 0 Å². The maximum absolute atomic E-state index is 5.45. The first-order valence-corrected chi connectivity index (χ1v) is 21.7. The summed E-state index contributed by atoms with van der Waals surface area (Å²) in [5.41, 5.74) is 16.1. The van der Waals surface area contributed by atoms with Crippen LogP contribution in [0.3, 0.4) is 0 Å². The second kappa shape index (κ2) is 15.3. The standard InChI is InChI=1S/C60H41N3/c1-4-17-43(18-5-1)59-48-23-11-10-16-41(48)32-35-54(59)56-39-55(61-60(62-56)44-19-6-2-7-20-44)51-37-36-47(49-24-12-13-25-50(49)51)42-30-28-40(29-31-42)45-33-34-53-52-26-14-15-27-57(52)63(58(53)38-45)46-21-8-3-9-22-46/h1-39,60-61H. The van der Waals surface area contributed by atoms with Gasteiger partial charge in [0.1, 0.15) is 6.17 Å². The van der Waals surface area contributed by atoms with E-state index in [1.165, 1.54) is 76.7 Å². The SMILES string of the molecule is C1=C(c2ccc(-c3ccc(-c4ccc5c6ccccc6n(-c6ccccc6)c5c4)cc3)c3ccccc23)NC(c2ccccc2)N=C1c1ccc2ccccc2c1-c1ccccc1. The summed E-state index contributed by atoms with van der Waals surface area (Å²) in [4.78, 5) is 5.45. The van der Waals surface area contributed by atoms with Gasteiger partial charge in [-0.05, 0) is 90.8 Å². The van der Waals surface area contributed by atoms with Crippen molar-refractivity contribution in [3.05, 3.63) is 253 Å². The molecule has 0 radical (unpaired) electrons. The largest absolute Gasteiger partial charge is 0.359 e. The van der Waals surface area contributed by atoms with Crippen molar-refractivity contribution in [2.45, 2.75) is 6.17 Å². The highest BCUT2D eigenvalue weighted by molar-refractivity contribution is 6.20. The van der Waals surface area contributed by atoms with Gasteiger partial charge in [0.2, 0.25) is 0 Å². The quantitative estimate of drug-likeness (QED) is 0.171. The predicted molar refractivity (Wildman–Crippen MR) is 265 cm³/mol. The number of fused-ring (bicyclic) bond motifs is 5. The molecule has 0 aliphatic carbocycles. The zero-order chi connectivity index (χ0) is 41.7. The van der Waals surface area contributed by atoms with Gasteiger partial charge >= 0.3 is 0 Å². The molecule has 10 aromatic carbocycles. The second-order valence-electron chi connectivity index (χ2n) is 16.3. The normalized spacial score (nSPS) is 13.9. The zero-order valence-electron chi connectivity index (χ0n) is 34.5. The summed E-state index contributed by atoms with van der Waals surface area (Å²) in [5, 5.41) is 11.2. The average molecular weight is 804 g/mol. The van der Waals surface area contributed by atoms with Crippen LogP contribution in [0.5, 0.6) is 0 Å². The Bertz CT molecular complexity index is 3560. The summed E-state index contributed by atoms with van der Waals surface area (Å²) in [6, 6.07) is 83.1. The summed E-state index contributed by atoms with van der Waals surface area (Å²) < 4.78 is 2.38. The van der Waals surface area contributed by atoms with Crippen molar-refractivity contribution in [2.24, 2.45) is 4.99 Å². The van der Waals surface area contributed by atoms with Gasteiger partial charge in [0, 0.05) is 33.3 Å². The Morgan fingerprint density at radius 3 is 1.73 bits per heavy atom. The van der Waals surface area contributed by atoms with Crippen LogP contribution in [-0.4, -0.2) is 10.3 Å². The van der Waals surface area contributed by atoms with E-state index in [1.807, 2.05) is 0 Å². The zero-order valence-corrected chi connectivity index (χ0v) is 34.5. The molecule has 0 bridgehead atoms. The van der Waals surface area contributed by atoms with Crippen LogP contribution in [0.15, 0.2) is 242 Å². The molecule has 63 heavy (non-hydrogen) atoms. The van der Waals surface area contributed by atoms with E-state index in [1.54, 1.807) is 0 Å². The predicted octanol–water partition coefficient (Wildman–Crippen LogP) is 15.2. The maximum Gasteiger partial charge on any atom is 0.145 e. The van der Waals surface area contributed by atoms with E-state index in [9.17, 15) is 0 Å². The van der Waals surface area contributed by atoms with Gasteiger partial charge in [-0.25, -0.2) is 0 Å². The van der Waals surface area contributed by atoms with Crippen LogP contribution >= 0.6 is 0 Å². The van der Waals surface area contributed by atoms with Crippen LogP contribution in [0.4, 0.5) is 0 Å². The monoisotopic (exact) mass is 803 g/mol. The van der Waals surface area contributed by atoms with Gasteiger partial charge < -0.3 is 9.88 Å². The van der Waals surface area contributed by atoms with Crippen LogP contribution < -0.4 is 5.32 Å². The number of hydrogen-bond acceptors (Lipinski definition) is 2. The van der Waals surface area contributed by atoms with Crippen LogP contribution in [0.2, 0.25) is 0 Å². The molecular formula is C60H41N3. The summed E-state index contributed by atoms with van der Waals surface area (Å²) in [6.45, 7) is 0. The molecule has 1 aromatic heterocycles. The molecule has 3 heteroatoms. The molecule has 0 fully saturated rings. The lowest BCUT2D eigenvalue weighted by Crippen LogP contribution is -2.25. The van der Waals surface area contributed by atoms with E-state index in [4.69, 9.17) is 4.99 Å². The first-order chi connectivity index (χ1) is 31.2. The van der Waals surface area contributed by atoms with E-state index in [0.29, 0.717) is 0 Å². The van der Waals surface area contributed by atoms with Gasteiger partial charge in [-0.1, -0.05) is 206 Å². The van der Waals surface area contributed by atoms with Crippen LogP contribution in [0.25, 0.3) is 88.1 Å². The first-order valence-electron chi connectivity index (χ1n) is 21.7. The molecule has 1 atom stereocenters. The molecule has 12 rings (SSSR count). The van der Waals surface area contributed by atoms with E-state index in [2.05, 4.69) is 246 Å². The Kier molecular flexibility index (Phi) is 8.90. The Balaban J connectivity index is 0.951. The number of para-hydroxylation sites is 2. The third-order valence-electron chi connectivity index (χ3n) is 12.7. The minimum Gasteiger partial charge on any atom is -0.359 e. The lowest BCUT2D eigenvalue weighted by molar-refractivity contribution is 0.664. The lowest BCUT2D eigenvalue weighted by Gasteiger charge is -2.27. The number of nitrogens with one attached hydrogen (secondary N) is 1. The van der Waals surface area contributed by atoms with Crippen molar-refractivity contribution >= 4 is 54.8 Å². The molecule has 11 aromatic rings. The molecule has 0 amide bonds. The highest BCUT2D eigenvalue weighted by Crippen LogP contribution is 2.40. The molecule has 296 valence electrons. The fourth-order valence-electron chi connectivity index (χ4n) is 9.66. The van der Waals surface area contributed by atoms with E-state index < -0.39 is 0 Å². The topological polar surface area (TPSA) is 29.3 Å². The van der Waals surface area contributed by atoms with Crippen LogP contribution in [-0.2, 0) is 0 Å². The van der Waals surface area contributed by atoms with E-state index >= 15 is 0 Å². The third kappa shape index (κ3) is 6.41. The fraction of sp³-hybridized carbons (Fsp3) is 0.0167. The number of allylic oxidation sites excluding steroid dienone is 1. The smallest absolute Gasteiger partial charge is 0.145 e. The molecule has 1 unspecified atom stereocenters. The molecule has 1 N–H and O–H groups in total. The van der Waals surface area contributed by atoms with Crippen molar-refractivity contribution in [3.63, 3.8) is 0 Å². The van der Waals surface area contributed by atoms with Crippen molar-refractivity contribution in [3.8, 4) is 39.1 Å². The lowest BCUT2D eigenvalue weighted by atomic mass is 9.89. The highest BCUT2D eigenvalue weighted by Gasteiger charge is 2.24. The molecule has 0 spiro atoms. The van der Waals surface area contributed by atoms with Gasteiger partial charge in [0.25, 0.3) is 0 Å². The number of hydrogen-bond donors (Lipinski definition) is 1. The molecule has 1 aliphatic rings. The summed E-state index contributed by atoms with van der Waals surface area (Å²) in [7, 11) is 0. The Labute approximate surface area is 366 Å². The summed E-state index contributed by atoms with van der Waals surface area (Å²) in [6.07, 6.45) is 1.98. The molecule has 3 nitrogen and oxygen atoms in total. The van der Waals surface area contributed by atoms with Gasteiger partial charge in [0.05, 0.1) is 16.7 Å². The number of nitrogens with zero attached hydrogens (tertiary/aromatic N) is 2. The van der Waals surface area contributed by atoms with Crippen LogP contribution in [0, 0.1) is 0 Å². The molecule has 0 saturated carbocycles. The second-order valence-corrected chi connectivity index (χ2v) is 16.3. The minimum absolute atomic E-state index is 0.268. The number of benzene rings is 10. The number of rotatable bonds is 7. The fourth-order valence-corrected chi connectivity index (χ4v) is 9.66. The van der Waals surface area contributed by atoms with Crippen molar-refractivity contribution in [1.82, 2.24) is 9.88 Å². The molecule has 1 aliphatic heterocycles. The number of aliphatic imine (C=N–C) groups is 1. The van der Waals surface area contributed by atoms with Gasteiger partial charge in [-0.15, -0.1) is 0 Å². The van der Waals surface area contributed by atoms with Gasteiger partial charge in [0.15, 0.2) is 0 Å². The first kappa shape index (κ1) is 36.6. The minimum atomic E-state index is -0.268. The van der Waals surface area contributed by atoms with Crippen LogP contribution in [0.1, 0.15) is 22.9 Å². The number of aromatic nitrogens is 1. The Morgan fingerprint density at radius 1 is 0.381 bits per heavy atom. The van der Waals surface area contributed by atoms with E-state index in [-0.39, 0.29) is 6.17 Å². The molecule has 2 heterocycles. The van der Waals surface area contributed by atoms with Gasteiger partial charge in [-0.3, -0.25) is 4.99 Å².